The number of nitriles is 1. The van der Waals surface area contributed by atoms with Crippen LogP contribution in [0.3, 0.4) is 0 Å². The van der Waals surface area contributed by atoms with E-state index in [0.717, 1.165) is 18.6 Å². The molecule has 1 aromatic rings. The van der Waals surface area contributed by atoms with Crippen molar-refractivity contribution in [3.63, 3.8) is 0 Å². The topological polar surface area (TPSA) is 106 Å². The zero-order valence-electron chi connectivity index (χ0n) is 22.5. The summed E-state index contributed by atoms with van der Waals surface area (Å²) in [6.07, 6.45) is -3.26. The van der Waals surface area contributed by atoms with Crippen LogP contribution in [0.4, 0.5) is 22.8 Å². The molecule has 0 spiro atoms. The second-order valence-corrected chi connectivity index (χ2v) is 11.5. The SMILES string of the molecule is CCC1CN(CC(NC(=O)OC(C)(C)C)C(=O)N2C(C#N)CC3CC32)C(=O)N1Cc1ccc(C(F)(F)F)cc1. The lowest BCUT2D eigenvalue weighted by atomic mass is 10.1. The van der Waals surface area contributed by atoms with Gasteiger partial charge in [0.2, 0.25) is 5.91 Å². The number of carbonyl (C=O) groups is 3. The lowest BCUT2D eigenvalue weighted by Gasteiger charge is -2.31. The van der Waals surface area contributed by atoms with Crippen molar-refractivity contribution in [3.8, 4) is 6.07 Å². The van der Waals surface area contributed by atoms with Gasteiger partial charge in [0.1, 0.15) is 17.7 Å². The molecule has 2 saturated heterocycles. The number of alkyl carbamates (subject to hydrolysis) is 1. The Morgan fingerprint density at radius 3 is 2.41 bits per heavy atom. The van der Waals surface area contributed by atoms with Crippen molar-refractivity contribution in [2.75, 3.05) is 13.1 Å². The van der Waals surface area contributed by atoms with Crippen LogP contribution in [0, 0.1) is 17.2 Å². The quantitative estimate of drug-likeness (QED) is 0.551. The summed E-state index contributed by atoms with van der Waals surface area (Å²) in [6.45, 7) is 7.25. The Morgan fingerprint density at radius 2 is 1.85 bits per heavy atom. The highest BCUT2D eigenvalue weighted by Gasteiger charge is 2.55. The van der Waals surface area contributed by atoms with E-state index in [2.05, 4.69) is 11.4 Å². The average molecular weight is 550 g/mol. The van der Waals surface area contributed by atoms with Gasteiger partial charge in [0.15, 0.2) is 0 Å². The highest BCUT2D eigenvalue weighted by molar-refractivity contribution is 5.88. The monoisotopic (exact) mass is 549 g/mol. The van der Waals surface area contributed by atoms with Gasteiger partial charge in [-0.15, -0.1) is 0 Å². The van der Waals surface area contributed by atoms with E-state index in [-0.39, 0.29) is 43.7 Å². The Labute approximate surface area is 225 Å². The summed E-state index contributed by atoms with van der Waals surface area (Å²) in [5, 5.41) is 12.2. The molecule has 1 aromatic carbocycles. The number of rotatable bonds is 7. The number of piperidine rings is 1. The van der Waals surface area contributed by atoms with Crippen LogP contribution in [0.5, 0.6) is 0 Å². The molecule has 0 bridgehead atoms. The number of benzene rings is 1. The number of carbonyl (C=O) groups excluding carboxylic acids is 3. The van der Waals surface area contributed by atoms with Crippen molar-refractivity contribution in [3.05, 3.63) is 35.4 Å². The third-order valence-electron chi connectivity index (χ3n) is 7.39. The number of urea groups is 1. The van der Waals surface area contributed by atoms with Crippen LogP contribution in [0.25, 0.3) is 0 Å². The maximum Gasteiger partial charge on any atom is 0.416 e. The summed E-state index contributed by atoms with van der Waals surface area (Å²) < 4.78 is 44.2. The molecule has 1 aliphatic carbocycles. The van der Waals surface area contributed by atoms with E-state index in [1.165, 1.54) is 21.9 Å². The normalized spacial score (nSPS) is 25.3. The number of nitrogens with zero attached hydrogens (tertiary/aromatic N) is 4. The van der Waals surface area contributed by atoms with Crippen molar-refractivity contribution in [1.82, 2.24) is 20.0 Å². The van der Waals surface area contributed by atoms with Crippen molar-refractivity contribution in [2.24, 2.45) is 5.92 Å². The molecular formula is C27H34F3N5O4. The van der Waals surface area contributed by atoms with Crippen LogP contribution in [0.2, 0.25) is 0 Å². The summed E-state index contributed by atoms with van der Waals surface area (Å²) >= 11 is 0. The van der Waals surface area contributed by atoms with Gasteiger partial charge in [-0.2, -0.15) is 18.4 Å². The molecule has 2 heterocycles. The van der Waals surface area contributed by atoms with Crippen LogP contribution < -0.4 is 5.32 Å². The average Bonchev–Trinajstić information content (AvgIpc) is 3.41. The van der Waals surface area contributed by atoms with E-state index in [4.69, 9.17) is 4.74 Å². The van der Waals surface area contributed by atoms with Gasteiger partial charge < -0.3 is 24.8 Å². The zero-order chi connectivity index (χ0) is 28.7. The second kappa shape index (κ2) is 10.6. The molecule has 212 valence electrons. The van der Waals surface area contributed by atoms with E-state index < -0.39 is 41.4 Å². The smallest absolute Gasteiger partial charge is 0.416 e. The standard InChI is InChI=1S/C27H34F3N5O4/c1-5-19-14-33(25(38)34(19)13-16-6-8-18(9-7-16)27(28,29)30)15-21(32-24(37)39-26(2,3)4)23(36)35-20(12-31)10-17-11-22(17)35/h6-9,17,19-22H,5,10-11,13-15H2,1-4H3,(H,32,37). The van der Waals surface area contributed by atoms with Gasteiger partial charge in [-0.3, -0.25) is 4.79 Å². The summed E-state index contributed by atoms with van der Waals surface area (Å²) in [5.74, 6) is -0.155. The number of ether oxygens (including phenoxy) is 1. The fourth-order valence-electron chi connectivity index (χ4n) is 5.39. The minimum Gasteiger partial charge on any atom is -0.444 e. The van der Waals surface area contributed by atoms with Crippen molar-refractivity contribution < 1.29 is 32.3 Å². The van der Waals surface area contributed by atoms with Gasteiger partial charge in [-0.05, 0) is 63.6 Å². The zero-order valence-corrected chi connectivity index (χ0v) is 22.5. The Balaban J connectivity index is 1.51. The number of halogens is 3. The van der Waals surface area contributed by atoms with E-state index >= 15 is 0 Å². The molecule has 12 heteroatoms. The van der Waals surface area contributed by atoms with Crippen LogP contribution in [0.1, 0.15) is 58.1 Å². The summed E-state index contributed by atoms with van der Waals surface area (Å²) in [4.78, 5) is 44.3. The first-order valence-corrected chi connectivity index (χ1v) is 13.1. The summed E-state index contributed by atoms with van der Waals surface area (Å²) in [7, 11) is 0. The number of alkyl halides is 3. The first-order chi connectivity index (χ1) is 18.2. The Kier molecular flexibility index (Phi) is 7.74. The molecule has 5 unspecified atom stereocenters. The molecule has 9 nitrogen and oxygen atoms in total. The molecule has 39 heavy (non-hydrogen) atoms. The van der Waals surface area contributed by atoms with Gasteiger partial charge in [0, 0.05) is 19.1 Å². The van der Waals surface area contributed by atoms with Crippen LogP contribution >= 0.6 is 0 Å². The van der Waals surface area contributed by atoms with Gasteiger partial charge in [-0.25, -0.2) is 9.59 Å². The predicted octanol–water partition coefficient (Wildman–Crippen LogP) is 4.13. The first kappa shape index (κ1) is 28.5. The highest BCUT2D eigenvalue weighted by atomic mass is 19.4. The molecule has 5 atom stereocenters. The van der Waals surface area contributed by atoms with Crippen molar-refractivity contribution in [2.45, 2.75) is 89.4 Å². The predicted molar refractivity (Wildman–Crippen MR) is 134 cm³/mol. The van der Waals surface area contributed by atoms with Crippen molar-refractivity contribution in [1.29, 1.82) is 5.26 Å². The number of hydrogen-bond acceptors (Lipinski definition) is 5. The first-order valence-electron chi connectivity index (χ1n) is 13.1. The molecular weight excluding hydrogens is 515 g/mol. The summed E-state index contributed by atoms with van der Waals surface area (Å²) in [5.41, 5.74) is -1.03. The van der Waals surface area contributed by atoms with Gasteiger partial charge in [0.05, 0.1) is 24.2 Å². The van der Waals surface area contributed by atoms with E-state index in [1.807, 2.05) is 6.92 Å². The molecule has 4 rings (SSSR count). The van der Waals surface area contributed by atoms with E-state index in [9.17, 15) is 32.8 Å². The van der Waals surface area contributed by atoms with Crippen molar-refractivity contribution >= 4 is 18.0 Å². The third kappa shape index (κ3) is 6.40. The van der Waals surface area contributed by atoms with E-state index in [1.54, 1.807) is 25.7 Å². The number of likely N-dealkylation sites (tertiary alicyclic amines) is 1. The number of hydrogen-bond donors (Lipinski definition) is 1. The number of fused-ring (bicyclic) bond motifs is 1. The molecule has 3 fully saturated rings. The Morgan fingerprint density at radius 1 is 1.18 bits per heavy atom. The molecule has 2 aliphatic heterocycles. The van der Waals surface area contributed by atoms with Gasteiger partial charge >= 0.3 is 18.3 Å². The lowest BCUT2D eigenvalue weighted by Crippen LogP contribution is -2.56. The van der Waals surface area contributed by atoms with Crippen LogP contribution in [0.15, 0.2) is 24.3 Å². The highest BCUT2D eigenvalue weighted by Crippen LogP contribution is 2.47. The minimum atomic E-state index is -4.45. The molecule has 0 aromatic heterocycles. The Bertz CT molecular complexity index is 1140. The fraction of sp³-hybridized carbons (Fsp3) is 0.630. The maximum atomic E-state index is 13.6. The van der Waals surface area contributed by atoms with E-state index in [0.29, 0.717) is 18.4 Å². The molecule has 0 radical (unpaired) electrons. The summed E-state index contributed by atoms with van der Waals surface area (Å²) in [6, 6.07) is 4.48. The maximum absolute atomic E-state index is 13.6. The number of amides is 4. The third-order valence-corrected chi connectivity index (χ3v) is 7.39. The second-order valence-electron chi connectivity index (χ2n) is 11.5. The molecule has 1 N–H and O–H groups in total. The Hall–Kier alpha value is -3.49. The van der Waals surface area contributed by atoms with Crippen LogP contribution in [-0.4, -0.2) is 75.6 Å². The molecule has 3 aliphatic rings. The van der Waals surface area contributed by atoms with Crippen LogP contribution in [-0.2, 0) is 22.3 Å². The van der Waals surface area contributed by atoms with Gasteiger partial charge in [-0.1, -0.05) is 19.1 Å². The minimum absolute atomic E-state index is 0.0427. The molecule has 4 amide bonds. The number of nitrogens with one attached hydrogen (secondary N) is 1. The van der Waals surface area contributed by atoms with Gasteiger partial charge in [0.25, 0.3) is 0 Å². The molecule has 1 saturated carbocycles. The largest absolute Gasteiger partial charge is 0.444 e. The fourth-order valence-corrected chi connectivity index (χ4v) is 5.39. The lowest BCUT2D eigenvalue weighted by molar-refractivity contribution is -0.137.